The molecule has 0 aromatic carbocycles. The molecular formula is C14H18N2O4S. The molecule has 114 valence electrons. The second-order valence-corrected chi connectivity index (χ2v) is 6.19. The number of hydrogen-bond acceptors (Lipinski definition) is 5. The quantitative estimate of drug-likeness (QED) is 0.742. The van der Waals surface area contributed by atoms with Gasteiger partial charge in [0.25, 0.3) is 5.91 Å². The van der Waals surface area contributed by atoms with Crippen LogP contribution in [0.1, 0.15) is 29.8 Å². The monoisotopic (exact) mass is 310 g/mol. The van der Waals surface area contributed by atoms with E-state index >= 15 is 0 Å². The van der Waals surface area contributed by atoms with E-state index in [1.54, 1.807) is 18.3 Å². The highest BCUT2D eigenvalue weighted by molar-refractivity contribution is 8.00. The van der Waals surface area contributed by atoms with Gasteiger partial charge < -0.3 is 9.72 Å². The second kappa shape index (κ2) is 6.80. The van der Waals surface area contributed by atoms with Crippen LogP contribution in [0.4, 0.5) is 0 Å². The van der Waals surface area contributed by atoms with E-state index in [1.807, 2.05) is 0 Å². The normalized spacial score (nSPS) is 15.3. The Morgan fingerprint density at radius 1 is 1.43 bits per heavy atom. The molecule has 6 nitrogen and oxygen atoms in total. The first-order chi connectivity index (χ1) is 10.0. The Labute approximate surface area is 127 Å². The molecule has 1 saturated carbocycles. The van der Waals surface area contributed by atoms with Gasteiger partial charge in [0.15, 0.2) is 0 Å². The average Bonchev–Trinajstić information content (AvgIpc) is 3.00. The van der Waals surface area contributed by atoms with Crippen molar-refractivity contribution in [1.82, 2.24) is 10.3 Å². The maximum absolute atomic E-state index is 11.7. The number of rotatable bonds is 7. The summed E-state index contributed by atoms with van der Waals surface area (Å²) < 4.78 is 4.67. The van der Waals surface area contributed by atoms with Gasteiger partial charge in [0.2, 0.25) is 5.91 Å². The Balaban J connectivity index is 1.68. The molecule has 0 unspecified atom stereocenters. The molecular weight excluding hydrogens is 292 g/mol. The largest absolute Gasteiger partial charge is 0.469 e. The zero-order chi connectivity index (χ0) is 15.3. The van der Waals surface area contributed by atoms with Crippen LogP contribution in [-0.2, 0) is 14.3 Å². The molecule has 0 atom stereocenters. The summed E-state index contributed by atoms with van der Waals surface area (Å²) in [5, 5.41) is 2.32. The number of aromatic amines is 1. The molecule has 1 heterocycles. The van der Waals surface area contributed by atoms with Crippen molar-refractivity contribution in [2.45, 2.75) is 19.3 Å². The van der Waals surface area contributed by atoms with E-state index < -0.39 is 5.91 Å². The predicted molar refractivity (Wildman–Crippen MR) is 78.9 cm³/mol. The van der Waals surface area contributed by atoms with E-state index in [4.69, 9.17) is 0 Å². The van der Waals surface area contributed by atoms with Crippen LogP contribution in [0.3, 0.4) is 0 Å². The minimum atomic E-state index is -0.429. The highest BCUT2D eigenvalue weighted by Crippen LogP contribution is 2.51. The maximum Gasteiger partial charge on any atom is 0.306 e. The number of esters is 1. The zero-order valence-corrected chi connectivity index (χ0v) is 12.6. The molecule has 0 bridgehead atoms. The third-order valence-corrected chi connectivity index (χ3v) is 4.72. The fraction of sp³-hybridized carbons (Fsp3) is 0.500. The van der Waals surface area contributed by atoms with Crippen molar-refractivity contribution in [3.63, 3.8) is 0 Å². The lowest BCUT2D eigenvalue weighted by Gasteiger charge is -2.12. The molecule has 2 amide bonds. The highest BCUT2D eigenvalue weighted by Gasteiger charge is 2.44. The van der Waals surface area contributed by atoms with Crippen molar-refractivity contribution in [2.75, 3.05) is 18.6 Å². The third kappa shape index (κ3) is 4.63. The number of thioether (sulfide) groups is 1. The Hall–Kier alpha value is -1.76. The summed E-state index contributed by atoms with van der Waals surface area (Å²) in [7, 11) is 1.38. The van der Waals surface area contributed by atoms with Gasteiger partial charge in [-0.25, -0.2) is 0 Å². The van der Waals surface area contributed by atoms with E-state index in [0.717, 1.165) is 18.6 Å². The lowest BCUT2D eigenvalue weighted by molar-refractivity contribution is -0.141. The number of hydrogen-bond donors (Lipinski definition) is 2. The summed E-state index contributed by atoms with van der Waals surface area (Å²) in [6.07, 6.45) is 3.99. The summed E-state index contributed by atoms with van der Waals surface area (Å²) in [5.74, 6) is -0.0315. The van der Waals surface area contributed by atoms with Crippen molar-refractivity contribution in [3.05, 3.63) is 24.0 Å². The minimum Gasteiger partial charge on any atom is -0.469 e. The smallest absolute Gasteiger partial charge is 0.306 e. The van der Waals surface area contributed by atoms with Gasteiger partial charge in [-0.2, -0.15) is 11.8 Å². The van der Waals surface area contributed by atoms with Gasteiger partial charge in [-0.15, -0.1) is 0 Å². The molecule has 1 aromatic heterocycles. The summed E-state index contributed by atoms with van der Waals surface area (Å²) >= 11 is 1.44. The third-order valence-electron chi connectivity index (χ3n) is 3.44. The lowest BCUT2D eigenvalue weighted by Crippen LogP contribution is -2.32. The van der Waals surface area contributed by atoms with Crippen LogP contribution >= 0.6 is 11.8 Å². The van der Waals surface area contributed by atoms with Crippen LogP contribution in [0.15, 0.2) is 18.3 Å². The second-order valence-electron chi connectivity index (χ2n) is 5.21. The van der Waals surface area contributed by atoms with Crippen molar-refractivity contribution in [3.8, 4) is 0 Å². The number of nitrogens with one attached hydrogen (secondary N) is 2. The first kappa shape index (κ1) is 15.6. The van der Waals surface area contributed by atoms with Crippen molar-refractivity contribution in [2.24, 2.45) is 5.41 Å². The van der Waals surface area contributed by atoms with Gasteiger partial charge in [-0.1, -0.05) is 0 Å². The number of H-pyrrole nitrogens is 1. The molecule has 7 heteroatoms. The SMILES string of the molecule is COC(=O)CC1(CSCC(=O)NC(=O)c2ccc[nH]2)CC1. The summed E-state index contributed by atoms with van der Waals surface area (Å²) in [4.78, 5) is 37.3. The minimum absolute atomic E-state index is 0.0124. The Kier molecular flexibility index (Phi) is 5.06. The molecule has 2 rings (SSSR count). The Morgan fingerprint density at radius 2 is 2.19 bits per heavy atom. The predicted octanol–water partition coefficient (Wildman–Crippen LogP) is 1.35. The number of carbonyl (C=O) groups is 3. The van der Waals surface area contributed by atoms with E-state index in [-0.39, 0.29) is 23.0 Å². The Morgan fingerprint density at radius 3 is 2.76 bits per heavy atom. The lowest BCUT2D eigenvalue weighted by atomic mass is 10.1. The van der Waals surface area contributed by atoms with Gasteiger partial charge >= 0.3 is 5.97 Å². The highest BCUT2D eigenvalue weighted by atomic mass is 32.2. The first-order valence-corrected chi connectivity index (χ1v) is 7.82. The van der Waals surface area contributed by atoms with Crippen LogP contribution < -0.4 is 5.32 Å². The average molecular weight is 310 g/mol. The molecule has 0 radical (unpaired) electrons. The molecule has 1 aromatic rings. The Bertz CT molecular complexity index is 523. The van der Waals surface area contributed by atoms with Gasteiger partial charge in [0.1, 0.15) is 5.69 Å². The topological polar surface area (TPSA) is 88.3 Å². The summed E-state index contributed by atoms with van der Waals surface area (Å²) in [6.45, 7) is 0. The van der Waals surface area contributed by atoms with Gasteiger partial charge in [-0.05, 0) is 36.1 Å². The zero-order valence-electron chi connectivity index (χ0n) is 11.8. The fourth-order valence-electron chi connectivity index (χ4n) is 1.99. The molecule has 0 aliphatic heterocycles. The molecule has 1 fully saturated rings. The van der Waals surface area contributed by atoms with Crippen LogP contribution in [0, 0.1) is 5.41 Å². The molecule has 1 aliphatic rings. The van der Waals surface area contributed by atoms with Crippen LogP contribution in [0.2, 0.25) is 0 Å². The summed E-state index contributed by atoms with van der Waals surface area (Å²) in [5.41, 5.74) is 0.347. The van der Waals surface area contributed by atoms with Crippen LogP contribution in [-0.4, -0.2) is 41.4 Å². The van der Waals surface area contributed by atoms with E-state index in [2.05, 4.69) is 15.0 Å². The number of carbonyl (C=O) groups excluding carboxylic acids is 3. The standard InChI is InChI=1S/C14H18N2O4S/c1-20-12(18)7-14(4-5-14)9-21-8-11(17)16-13(19)10-3-2-6-15-10/h2-3,6,15H,4-5,7-9H2,1H3,(H,16,17,19). The van der Waals surface area contributed by atoms with Crippen molar-refractivity contribution >= 4 is 29.5 Å². The fourth-order valence-corrected chi connectivity index (χ4v) is 3.17. The maximum atomic E-state index is 11.7. The molecule has 1 aliphatic carbocycles. The van der Waals surface area contributed by atoms with E-state index in [9.17, 15) is 14.4 Å². The van der Waals surface area contributed by atoms with E-state index in [1.165, 1.54) is 18.9 Å². The van der Waals surface area contributed by atoms with Crippen LogP contribution in [0.25, 0.3) is 0 Å². The van der Waals surface area contributed by atoms with Crippen molar-refractivity contribution < 1.29 is 19.1 Å². The molecule has 0 saturated heterocycles. The van der Waals surface area contributed by atoms with Crippen LogP contribution in [0.5, 0.6) is 0 Å². The van der Waals surface area contributed by atoms with Gasteiger partial charge in [-0.3, -0.25) is 19.7 Å². The van der Waals surface area contributed by atoms with E-state index in [0.29, 0.717) is 12.1 Å². The molecule has 0 spiro atoms. The summed E-state index contributed by atoms with van der Waals surface area (Å²) in [6, 6.07) is 3.29. The number of imide groups is 1. The van der Waals surface area contributed by atoms with Gasteiger partial charge in [0.05, 0.1) is 19.3 Å². The number of amides is 2. The molecule has 21 heavy (non-hydrogen) atoms. The first-order valence-electron chi connectivity index (χ1n) is 6.67. The van der Waals surface area contributed by atoms with Gasteiger partial charge in [0, 0.05) is 6.20 Å². The number of ether oxygens (including phenoxy) is 1. The molecule has 2 N–H and O–H groups in total. The number of aromatic nitrogens is 1. The number of methoxy groups -OCH3 is 1. The van der Waals surface area contributed by atoms with Crippen molar-refractivity contribution in [1.29, 1.82) is 0 Å².